The molecule has 1 heterocycles. The van der Waals surface area contributed by atoms with Gasteiger partial charge in [-0.3, -0.25) is 0 Å². The van der Waals surface area contributed by atoms with Crippen molar-refractivity contribution in [3.63, 3.8) is 0 Å². The van der Waals surface area contributed by atoms with Crippen LogP contribution in [0.25, 0.3) is 0 Å². The molecule has 94 valence electrons. The zero-order valence-corrected chi connectivity index (χ0v) is 11.2. The first-order valence-corrected chi connectivity index (χ1v) is 6.70. The molecule has 2 rings (SSSR count). The predicted octanol–water partition coefficient (Wildman–Crippen LogP) is 2.65. The Hall–Kier alpha value is -0.860. The van der Waals surface area contributed by atoms with Gasteiger partial charge in [0.1, 0.15) is 0 Å². The van der Waals surface area contributed by atoms with E-state index in [4.69, 9.17) is 0 Å². The van der Waals surface area contributed by atoms with E-state index in [1.54, 1.807) is 0 Å². The fraction of sp³-hybridized carbons (Fsp3) is 0.600. The lowest BCUT2D eigenvalue weighted by Crippen LogP contribution is -2.66. The summed E-state index contributed by atoms with van der Waals surface area (Å²) < 4.78 is 0. The quantitative estimate of drug-likeness (QED) is 0.837. The van der Waals surface area contributed by atoms with E-state index in [-0.39, 0.29) is 11.1 Å². The summed E-state index contributed by atoms with van der Waals surface area (Å²) in [5, 5.41) is 7.50. The minimum absolute atomic E-state index is 0.0646. The van der Waals surface area contributed by atoms with Crippen LogP contribution in [0.2, 0.25) is 0 Å². The molecule has 1 saturated heterocycles. The monoisotopic (exact) mass is 232 g/mol. The third kappa shape index (κ3) is 2.38. The van der Waals surface area contributed by atoms with Crippen molar-refractivity contribution in [1.29, 1.82) is 0 Å². The summed E-state index contributed by atoms with van der Waals surface area (Å²) in [6.07, 6.45) is 2.36. The highest BCUT2D eigenvalue weighted by Crippen LogP contribution is 2.27. The summed E-state index contributed by atoms with van der Waals surface area (Å²) in [6.45, 7) is 8.86. The molecular weight excluding hydrogens is 208 g/mol. The van der Waals surface area contributed by atoms with Crippen LogP contribution in [0.5, 0.6) is 0 Å². The summed E-state index contributed by atoms with van der Waals surface area (Å²) >= 11 is 0. The molecule has 0 spiro atoms. The zero-order valence-electron chi connectivity index (χ0n) is 11.2. The smallest absolute Gasteiger partial charge is 0.0533 e. The second kappa shape index (κ2) is 4.79. The van der Waals surface area contributed by atoms with E-state index in [1.165, 1.54) is 18.4 Å². The van der Waals surface area contributed by atoms with E-state index in [9.17, 15) is 0 Å². The Morgan fingerprint density at radius 1 is 1.00 bits per heavy atom. The molecule has 1 aromatic carbocycles. The van der Waals surface area contributed by atoms with E-state index < -0.39 is 0 Å². The summed E-state index contributed by atoms with van der Waals surface area (Å²) in [7, 11) is 0. The first-order chi connectivity index (χ1) is 8.14. The largest absolute Gasteiger partial charge is 0.308 e. The van der Waals surface area contributed by atoms with Crippen LogP contribution in [0.15, 0.2) is 30.3 Å². The SMILES string of the molecule is CCC1(CC)CNC(C)(c2ccccc2)CN1. The molecule has 0 bridgehead atoms. The van der Waals surface area contributed by atoms with Crippen molar-refractivity contribution in [1.82, 2.24) is 10.6 Å². The van der Waals surface area contributed by atoms with Crippen LogP contribution < -0.4 is 10.6 Å². The molecule has 0 aromatic heterocycles. The molecule has 0 saturated carbocycles. The maximum Gasteiger partial charge on any atom is 0.0533 e. The van der Waals surface area contributed by atoms with Gasteiger partial charge in [0, 0.05) is 18.6 Å². The molecule has 17 heavy (non-hydrogen) atoms. The van der Waals surface area contributed by atoms with Gasteiger partial charge in [0.05, 0.1) is 5.54 Å². The summed E-state index contributed by atoms with van der Waals surface area (Å²) in [5.41, 5.74) is 1.72. The van der Waals surface area contributed by atoms with Gasteiger partial charge in [0.2, 0.25) is 0 Å². The Balaban J connectivity index is 2.12. The van der Waals surface area contributed by atoms with Crippen molar-refractivity contribution in [3.8, 4) is 0 Å². The van der Waals surface area contributed by atoms with Crippen molar-refractivity contribution < 1.29 is 0 Å². The molecule has 1 atom stereocenters. The van der Waals surface area contributed by atoms with Gasteiger partial charge in [-0.15, -0.1) is 0 Å². The predicted molar refractivity (Wildman–Crippen MR) is 73.1 cm³/mol. The molecule has 1 aliphatic heterocycles. The Labute approximate surface area is 105 Å². The fourth-order valence-electron chi connectivity index (χ4n) is 2.61. The Morgan fingerprint density at radius 3 is 2.12 bits per heavy atom. The Bertz CT molecular complexity index is 344. The number of piperazine rings is 1. The van der Waals surface area contributed by atoms with E-state index in [1.807, 2.05) is 0 Å². The van der Waals surface area contributed by atoms with Gasteiger partial charge >= 0.3 is 0 Å². The van der Waals surface area contributed by atoms with E-state index in [0.29, 0.717) is 0 Å². The topological polar surface area (TPSA) is 24.1 Å². The molecule has 0 aliphatic carbocycles. The van der Waals surface area contributed by atoms with Crippen LogP contribution in [-0.4, -0.2) is 18.6 Å². The average Bonchev–Trinajstić information content (AvgIpc) is 2.41. The molecule has 0 amide bonds. The second-order valence-electron chi connectivity index (χ2n) is 5.39. The first-order valence-electron chi connectivity index (χ1n) is 6.70. The first kappa shape index (κ1) is 12.6. The van der Waals surface area contributed by atoms with E-state index >= 15 is 0 Å². The Morgan fingerprint density at radius 2 is 1.65 bits per heavy atom. The zero-order chi connectivity index (χ0) is 12.4. The van der Waals surface area contributed by atoms with Crippen LogP contribution in [0.4, 0.5) is 0 Å². The van der Waals surface area contributed by atoms with Gasteiger partial charge in [0.15, 0.2) is 0 Å². The second-order valence-corrected chi connectivity index (χ2v) is 5.39. The molecule has 2 N–H and O–H groups in total. The normalized spacial score (nSPS) is 27.9. The standard InChI is InChI=1S/C15H24N2/c1-4-15(5-2)12-16-14(3,11-17-15)13-9-7-6-8-10-13/h6-10,16-17H,4-5,11-12H2,1-3H3. The number of rotatable bonds is 3. The maximum atomic E-state index is 3.76. The van der Waals surface area contributed by atoms with Crippen LogP contribution in [-0.2, 0) is 5.54 Å². The van der Waals surface area contributed by atoms with Crippen LogP contribution >= 0.6 is 0 Å². The molecule has 1 aromatic rings. The fourth-order valence-corrected chi connectivity index (χ4v) is 2.61. The van der Waals surface area contributed by atoms with E-state index in [0.717, 1.165) is 13.1 Å². The molecule has 0 radical (unpaired) electrons. The summed E-state index contributed by atoms with van der Waals surface area (Å²) in [5.74, 6) is 0. The van der Waals surface area contributed by atoms with Crippen LogP contribution in [0.1, 0.15) is 39.2 Å². The highest BCUT2D eigenvalue weighted by atomic mass is 15.2. The van der Waals surface area contributed by atoms with Gasteiger partial charge < -0.3 is 10.6 Å². The van der Waals surface area contributed by atoms with Crippen molar-refractivity contribution in [2.24, 2.45) is 0 Å². The number of hydrogen-bond acceptors (Lipinski definition) is 2. The number of nitrogens with one attached hydrogen (secondary N) is 2. The van der Waals surface area contributed by atoms with Crippen molar-refractivity contribution in [3.05, 3.63) is 35.9 Å². The Kier molecular flexibility index (Phi) is 3.55. The average molecular weight is 232 g/mol. The van der Waals surface area contributed by atoms with Gasteiger partial charge in [0.25, 0.3) is 0 Å². The highest BCUT2D eigenvalue weighted by Gasteiger charge is 2.38. The molecule has 1 fully saturated rings. The third-order valence-electron chi connectivity index (χ3n) is 4.40. The van der Waals surface area contributed by atoms with Crippen LogP contribution in [0.3, 0.4) is 0 Å². The molecule has 2 heteroatoms. The molecule has 2 nitrogen and oxygen atoms in total. The molecule has 1 unspecified atom stereocenters. The summed E-state index contributed by atoms with van der Waals surface area (Å²) in [4.78, 5) is 0. The van der Waals surface area contributed by atoms with Gasteiger partial charge in [-0.25, -0.2) is 0 Å². The summed E-state index contributed by atoms with van der Waals surface area (Å²) in [6, 6.07) is 10.7. The van der Waals surface area contributed by atoms with Gasteiger partial charge in [-0.05, 0) is 25.3 Å². The van der Waals surface area contributed by atoms with E-state index in [2.05, 4.69) is 61.7 Å². The molecule has 1 aliphatic rings. The van der Waals surface area contributed by atoms with Crippen molar-refractivity contribution in [2.45, 2.75) is 44.7 Å². The van der Waals surface area contributed by atoms with Gasteiger partial charge in [-0.2, -0.15) is 0 Å². The minimum Gasteiger partial charge on any atom is -0.308 e. The van der Waals surface area contributed by atoms with Crippen molar-refractivity contribution in [2.75, 3.05) is 13.1 Å². The number of hydrogen-bond donors (Lipinski definition) is 2. The maximum absolute atomic E-state index is 3.76. The van der Waals surface area contributed by atoms with Gasteiger partial charge in [-0.1, -0.05) is 44.2 Å². The lowest BCUT2D eigenvalue weighted by molar-refractivity contribution is 0.167. The third-order valence-corrected chi connectivity index (χ3v) is 4.40. The highest BCUT2D eigenvalue weighted by molar-refractivity contribution is 5.25. The number of benzene rings is 1. The van der Waals surface area contributed by atoms with Crippen molar-refractivity contribution >= 4 is 0 Å². The lowest BCUT2D eigenvalue weighted by Gasteiger charge is -2.46. The lowest BCUT2D eigenvalue weighted by atomic mass is 9.83. The minimum atomic E-state index is 0.0646. The van der Waals surface area contributed by atoms with Crippen LogP contribution in [0, 0.1) is 0 Å². The molecular formula is C15H24N2.